The molecular formula is C30H26F3N5O4S. The van der Waals surface area contributed by atoms with Crippen LogP contribution in [0.2, 0.25) is 0 Å². The molecule has 0 unspecified atom stereocenters. The molecule has 4 aromatic rings. The highest BCUT2D eigenvalue weighted by Crippen LogP contribution is 2.30. The van der Waals surface area contributed by atoms with Crippen molar-refractivity contribution in [1.29, 1.82) is 0 Å². The minimum atomic E-state index is -4.48. The average Bonchev–Trinajstić information content (AvgIpc) is 3.01. The van der Waals surface area contributed by atoms with Crippen molar-refractivity contribution in [2.24, 2.45) is 4.99 Å². The SMILES string of the molecule is CN=Cc1cccc(S(=O)(=O)N2CCN(C(=O)c3cccc(-c4ccc(Oc5ccc(C(F)(F)F)cn5)cc4)n3)CC2)c1. The summed E-state index contributed by atoms with van der Waals surface area (Å²) in [4.78, 5) is 27.1. The number of halogens is 3. The maximum atomic E-state index is 13.3. The molecular weight excluding hydrogens is 583 g/mol. The van der Waals surface area contributed by atoms with Gasteiger partial charge in [0, 0.05) is 57.3 Å². The molecule has 0 aliphatic carbocycles. The molecule has 3 heterocycles. The van der Waals surface area contributed by atoms with Crippen molar-refractivity contribution in [2.75, 3.05) is 33.2 Å². The first-order valence-corrected chi connectivity index (χ1v) is 14.6. The average molecular weight is 610 g/mol. The van der Waals surface area contributed by atoms with Gasteiger partial charge in [-0.3, -0.25) is 9.79 Å². The summed E-state index contributed by atoms with van der Waals surface area (Å²) in [5.41, 5.74) is 1.25. The van der Waals surface area contributed by atoms with Crippen LogP contribution < -0.4 is 4.74 Å². The second-order valence-electron chi connectivity index (χ2n) is 9.57. The molecule has 2 aromatic carbocycles. The van der Waals surface area contributed by atoms with E-state index in [1.54, 1.807) is 84.9 Å². The fourth-order valence-electron chi connectivity index (χ4n) is 4.48. The van der Waals surface area contributed by atoms with Crippen molar-refractivity contribution >= 4 is 22.1 Å². The number of benzene rings is 2. The number of piperazine rings is 1. The Morgan fingerprint density at radius 2 is 1.67 bits per heavy atom. The Labute approximate surface area is 246 Å². The topological polar surface area (TPSA) is 105 Å². The van der Waals surface area contributed by atoms with E-state index in [-0.39, 0.29) is 48.6 Å². The Balaban J connectivity index is 1.22. The molecule has 0 spiro atoms. The Kier molecular flexibility index (Phi) is 8.55. The summed E-state index contributed by atoms with van der Waals surface area (Å²) in [5, 5.41) is 0. The van der Waals surface area contributed by atoms with E-state index in [9.17, 15) is 26.4 Å². The summed E-state index contributed by atoms with van der Waals surface area (Å²) in [6, 6.07) is 20.3. The van der Waals surface area contributed by atoms with E-state index in [0.717, 1.165) is 12.1 Å². The van der Waals surface area contributed by atoms with Crippen LogP contribution in [-0.2, 0) is 16.2 Å². The zero-order valence-electron chi connectivity index (χ0n) is 22.9. The monoisotopic (exact) mass is 609 g/mol. The van der Waals surface area contributed by atoms with E-state index in [1.165, 1.54) is 4.31 Å². The molecule has 0 bridgehead atoms. The number of carbonyl (C=O) groups is 1. The third kappa shape index (κ3) is 6.89. The zero-order chi connectivity index (χ0) is 30.6. The molecule has 0 radical (unpaired) electrons. The number of aromatic nitrogens is 2. The van der Waals surface area contributed by atoms with Crippen molar-refractivity contribution < 1.29 is 31.1 Å². The second kappa shape index (κ2) is 12.3. The summed E-state index contributed by atoms with van der Waals surface area (Å²) >= 11 is 0. The number of hydrogen-bond donors (Lipinski definition) is 0. The van der Waals surface area contributed by atoms with E-state index >= 15 is 0 Å². The number of amides is 1. The molecule has 1 aliphatic heterocycles. The van der Waals surface area contributed by atoms with Gasteiger partial charge in [0.25, 0.3) is 5.91 Å². The standard InChI is InChI=1S/C30H26F3N5O4S/c1-34-19-21-4-2-5-25(18-21)43(40,41)38-16-14-37(15-17-38)29(39)27-7-3-6-26(36-27)22-8-11-24(12-9-22)42-28-13-10-23(20-35-28)30(31,32)33/h2-13,18-20H,14-17H2,1H3. The van der Waals surface area contributed by atoms with Gasteiger partial charge in [0.15, 0.2) is 0 Å². The van der Waals surface area contributed by atoms with E-state index < -0.39 is 21.8 Å². The molecule has 43 heavy (non-hydrogen) atoms. The molecule has 1 saturated heterocycles. The molecule has 0 N–H and O–H groups in total. The molecule has 1 amide bonds. The van der Waals surface area contributed by atoms with Gasteiger partial charge in [-0.2, -0.15) is 17.5 Å². The number of nitrogens with zero attached hydrogens (tertiary/aromatic N) is 5. The lowest BCUT2D eigenvalue weighted by molar-refractivity contribution is -0.137. The van der Waals surface area contributed by atoms with Crippen LogP contribution in [0.25, 0.3) is 11.3 Å². The number of hydrogen-bond acceptors (Lipinski definition) is 7. The number of pyridine rings is 2. The number of sulfonamides is 1. The van der Waals surface area contributed by atoms with Gasteiger partial charge in [-0.25, -0.2) is 18.4 Å². The van der Waals surface area contributed by atoms with E-state index in [0.29, 0.717) is 28.8 Å². The lowest BCUT2D eigenvalue weighted by Gasteiger charge is -2.33. The lowest BCUT2D eigenvalue weighted by atomic mass is 10.1. The maximum Gasteiger partial charge on any atom is 0.417 e. The predicted molar refractivity (Wildman–Crippen MR) is 154 cm³/mol. The quantitative estimate of drug-likeness (QED) is 0.269. The van der Waals surface area contributed by atoms with Gasteiger partial charge in [0.1, 0.15) is 11.4 Å². The van der Waals surface area contributed by atoms with Crippen molar-refractivity contribution in [3.05, 3.63) is 102 Å². The fraction of sp³-hybridized carbons (Fsp3) is 0.200. The Morgan fingerprint density at radius 3 is 2.33 bits per heavy atom. The number of alkyl halides is 3. The third-order valence-corrected chi connectivity index (χ3v) is 8.60. The normalized spacial score (nSPS) is 14.7. The number of rotatable bonds is 7. The first-order valence-electron chi connectivity index (χ1n) is 13.1. The number of ether oxygens (including phenoxy) is 1. The van der Waals surface area contributed by atoms with Gasteiger partial charge < -0.3 is 9.64 Å². The smallest absolute Gasteiger partial charge is 0.417 e. The third-order valence-electron chi connectivity index (χ3n) is 6.70. The van der Waals surface area contributed by atoms with Crippen LogP contribution in [0.3, 0.4) is 0 Å². The van der Waals surface area contributed by atoms with Crippen LogP contribution in [0, 0.1) is 0 Å². The van der Waals surface area contributed by atoms with Crippen LogP contribution >= 0.6 is 0 Å². The van der Waals surface area contributed by atoms with Gasteiger partial charge in [-0.05, 0) is 60.2 Å². The van der Waals surface area contributed by atoms with Gasteiger partial charge >= 0.3 is 6.18 Å². The zero-order valence-corrected chi connectivity index (χ0v) is 23.7. The van der Waals surface area contributed by atoms with E-state index in [1.807, 2.05) is 0 Å². The largest absolute Gasteiger partial charge is 0.439 e. The highest BCUT2D eigenvalue weighted by atomic mass is 32.2. The molecule has 2 aromatic heterocycles. The summed E-state index contributed by atoms with van der Waals surface area (Å²) in [7, 11) is -2.12. The summed E-state index contributed by atoms with van der Waals surface area (Å²) in [6.45, 7) is 0.721. The Bertz CT molecular complexity index is 1740. The minimum Gasteiger partial charge on any atom is -0.439 e. The van der Waals surface area contributed by atoms with Gasteiger partial charge in [0.2, 0.25) is 15.9 Å². The van der Waals surface area contributed by atoms with Gasteiger partial charge in [0.05, 0.1) is 16.2 Å². The molecule has 5 rings (SSSR count). The number of aliphatic imine (C=N–C) groups is 1. The summed E-state index contributed by atoms with van der Waals surface area (Å²) in [6.07, 6.45) is -2.20. The highest BCUT2D eigenvalue weighted by Gasteiger charge is 2.32. The van der Waals surface area contributed by atoms with Gasteiger partial charge in [-0.15, -0.1) is 0 Å². The minimum absolute atomic E-state index is 0.0128. The van der Waals surface area contributed by atoms with Crippen LogP contribution in [0.1, 0.15) is 21.6 Å². The van der Waals surface area contributed by atoms with Crippen molar-refractivity contribution in [1.82, 2.24) is 19.2 Å². The van der Waals surface area contributed by atoms with Crippen molar-refractivity contribution in [3.8, 4) is 22.9 Å². The van der Waals surface area contributed by atoms with Crippen LogP contribution in [-0.4, -0.2) is 72.9 Å². The van der Waals surface area contributed by atoms with Gasteiger partial charge in [-0.1, -0.05) is 18.2 Å². The number of carbonyl (C=O) groups excluding carboxylic acids is 1. The molecule has 9 nitrogen and oxygen atoms in total. The summed E-state index contributed by atoms with van der Waals surface area (Å²) < 4.78 is 71.5. The lowest BCUT2D eigenvalue weighted by Crippen LogP contribution is -2.50. The highest BCUT2D eigenvalue weighted by molar-refractivity contribution is 7.89. The van der Waals surface area contributed by atoms with E-state index in [2.05, 4.69) is 15.0 Å². The Hall–Kier alpha value is -4.62. The summed E-state index contributed by atoms with van der Waals surface area (Å²) in [5.74, 6) is 0.0634. The molecule has 1 aliphatic rings. The molecule has 222 valence electrons. The van der Waals surface area contributed by atoms with Crippen molar-refractivity contribution in [2.45, 2.75) is 11.1 Å². The van der Waals surface area contributed by atoms with Crippen LogP contribution in [0.15, 0.2) is 94.9 Å². The molecule has 0 atom stereocenters. The first-order chi connectivity index (χ1) is 20.5. The maximum absolute atomic E-state index is 13.3. The molecule has 0 saturated carbocycles. The van der Waals surface area contributed by atoms with E-state index in [4.69, 9.17) is 4.74 Å². The van der Waals surface area contributed by atoms with Crippen LogP contribution in [0.4, 0.5) is 13.2 Å². The first kappa shape index (κ1) is 29.9. The fourth-order valence-corrected chi connectivity index (χ4v) is 5.96. The predicted octanol–water partition coefficient (Wildman–Crippen LogP) is 5.15. The molecule has 13 heteroatoms. The van der Waals surface area contributed by atoms with Crippen LogP contribution in [0.5, 0.6) is 11.6 Å². The second-order valence-corrected chi connectivity index (χ2v) is 11.5. The molecule has 1 fully saturated rings. The Morgan fingerprint density at radius 1 is 0.953 bits per heavy atom. The van der Waals surface area contributed by atoms with Crippen molar-refractivity contribution in [3.63, 3.8) is 0 Å².